The lowest BCUT2D eigenvalue weighted by atomic mass is 10.0. The van der Waals surface area contributed by atoms with Crippen LogP contribution in [0.3, 0.4) is 0 Å². The molecule has 6 heteroatoms. The maximum absolute atomic E-state index is 13.3. The highest BCUT2D eigenvalue weighted by molar-refractivity contribution is 5.95. The highest BCUT2D eigenvalue weighted by Gasteiger charge is 2.40. The van der Waals surface area contributed by atoms with Crippen molar-refractivity contribution in [2.24, 2.45) is 5.92 Å². The zero-order chi connectivity index (χ0) is 18.4. The first-order valence-corrected chi connectivity index (χ1v) is 9.50. The summed E-state index contributed by atoms with van der Waals surface area (Å²) < 4.78 is 8.10. The molecule has 0 unspecified atom stereocenters. The molecule has 6 nitrogen and oxygen atoms in total. The molecule has 1 aliphatic carbocycles. The molecule has 3 heterocycles. The molecule has 2 atom stereocenters. The lowest BCUT2D eigenvalue weighted by molar-refractivity contribution is -0.0864. The van der Waals surface area contributed by atoms with Crippen LogP contribution in [0.15, 0.2) is 48.8 Å². The number of ether oxygens (including phenoxy) is 1. The Morgan fingerprint density at radius 3 is 2.74 bits per heavy atom. The molecule has 1 amide bonds. The molecule has 2 aliphatic rings. The zero-order valence-electron chi connectivity index (χ0n) is 15.3. The van der Waals surface area contributed by atoms with Crippen molar-refractivity contribution in [3.05, 3.63) is 65.6 Å². The number of benzene rings is 1. The third-order valence-corrected chi connectivity index (χ3v) is 5.62. The predicted octanol–water partition coefficient (Wildman–Crippen LogP) is 3.03. The van der Waals surface area contributed by atoms with E-state index in [-0.39, 0.29) is 18.1 Å². The van der Waals surface area contributed by atoms with Crippen LogP contribution in [0.1, 0.15) is 40.6 Å². The minimum absolute atomic E-state index is 0.00674. The molecule has 138 valence electrons. The number of hydrogen-bond acceptors (Lipinski definition) is 4. The molecular formula is C21H22N4O2. The van der Waals surface area contributed by atoms with E-state index in [0.29, 0.717) is 24.6 Å². The Bertz CT molecular complexity index is 980. The highest BCUT2D eigenvalue weighted by atomic mass is 16.5. The second kappa shape index (κ2) is 6.46. The summed E-state index contributed by atoms with van der Waals surface area (Å²) in [6.45, 7) is 3.12. The zero-order valence-corrected chi connectivity index (χ0v) is 15.3. The van der Waals surface area contributed by atoms with Crippen LogP contribution in [0, 0.1) is 12.8 Å². The van der Waals surface area contributed by atoms with Crippen molar-refractivity contribution in [3.8, 4) is 0 Å². The predicted molar refractivity (Wildman–Crippen MR) is 100 cm³/mol. The number of carbonyl (C=O) groups excluding carboxylic acids is 1. The quantitative estimate of drug-likeness (QED) is 0.719. The van der Waals surface area contributed by atoms with E-state index in [4.69, 9.17) is 4.74 Å². The largest absolute Gasteiger partial charge is 0.366 e. The van der Waals surface area contributed by atoms with Gasteiger partial charge in [-0.2, -0.15) is 5.10 Å². The number of carbonyl (C=O) groups is 1. The highest BCUT2D eigenvalue weighted by Crippen LogP contribution is 2.39. The summed E-state index contributed by atoms with van der Waals surface area (Å²) in [5.74, 6) is 0.576. The van der Waals surface area contributed by atoms with Crippen LogP contribution in [0.25, 0.3) is 5.65 Å². The molecular weight excluding hydrogens is 340 g/mol. The minimum Gasteiger partial charge on any atom is -0.366 e. The van der Waals surface area contributed by atoms with Gasteiger partial charge in [0.2, 0.25) is 0 Å². The fourth-order valence-electron chi connectivity index (χ4n) is 3.91. The van der Waals surface area contributed by atoms with E-state index >= 15 is 0 Å². The van der Waals surface area contributed by atoms with Crippen LogP contribution in [0.5, 0.6) is 0 Å². The first kappa shape index (κ1) is 16.4. The van der Waals surface area contributed by atoms with Crippen LogP contribution < -0.4 is 0 Å². The van der Waals surface area contributed by atoms with Gasteiger partial charge in [-0.15, -0.1) is 0 Å². The molecule has 27 heavy (non-hydrogen) atoms. The Kier molecular flexibility index (Phi) is 3.93. The molecule has 1 saturated heterocycles. The van der Waals surface area contributed by atoms with E-state index in [1.165, 1.54) is 12.8 Å². The first-order chi connectivity index (χ1) is 13.2. The Morgan fingerprint density at radius 1 is 1.15 bits per heavy atom. The fraction of sp³-hybridized carbons (Fsp3) is 0.381. The standard InChI is InChI=1S/C21H22N4O2/c1-14-17(11-22-20-9-10-23-25(14)20)21(26)24-12-18(15-5-3-2-4-6-15)27-19(13-24)16-7-8-16/h2-6,9-11,16,18-19H,7-8,12-13H2,1H3/t18-,19+/m0/s1. The van der Waals surface area contributed by atoms with Gasteiger partial charge < -0.3 is 9.64 Å². The lowest BCUT2D eigenvalue weighted by Crippen LogP contribution is -2.48. The van der Waals surface area contributed by atoms with Crippen molar-refractivity contribution in [2.75, 3.05) is 13.1 Å². The SMILES string of the molecule is Cc1c(C(=O)N2C[C@@H](c3ccccc3)O[C@@H](C3CC3)C2)cnc2ccnn12. The lowest BCUT2D eigenvalue weighted by Gasteiger charge is -2.38. The third kappa shape index (κ3) is 3.00. The van der Waals surface area contributed by atoms with Gasteiger partial charge in [0.25, 0.3) is 5.91 Å². The average Bonchev–Trinajstić information content (AvgIpc) is 3.45. The van der Waals surface area contributed by atoms with Crippen LogP contribution >= 0.6 is 0 Å². The maximum atomic E-state index is 13.3. The Morgan fingerprint density at radius 2 is 1.96 bits per heavy atom. The summed E-state index contributed by atoms with van der Waals surface area (Å²) in [6.07, 6.45) is 5.77. The molecule has 2 fully saturated rings. The number of aryl methyl sites for hydroxylation is 1. The van der Waals surface area contributed by atoms with Gasteiger partial charge in [0.1, 0.15) is 6.10 Å². The molecule has 1 aromatic carbocycles. The van der Waals surface area contributed by atoms with Gasteiger partial charge in [-0.05, 0) is 31.2 Å². The Balaban J connectivity index is 1.46. The number of amides is 1. The van der Waals surface area contributed by atoms with Gasteiger partial charge in [-0.1, -0.05) is 30.3 Å². The molecule has 0 radical (unpaired) electrons. The number of aromatic nitrogens is 3. The van der Waals surface area contributed by atoms with Gasteiger partial charge in [0.05, 0.1) is 30.1 Å². The van der Waals surface area contributed by atoms with Crippen molar-refractivity contribution < 1.29 is 9.53 Å². The topological polar surface area (TPSA) is 59.7 Å². The molecule has 1 saturated carbocycles. The second-order valence-electron chi connectivity index (χ2n) is 7.48. The first-order valence-electron chi connectivity index (χ1n) is 9.50. The molecule has 2 aromatic heterocycles. The van der Waals surface area contributed by atoms with Gasteiger partial charge in [-0.25, -0.2) is 9.50 Å². The Hall–Kier alpha value is -2.73. The van der Waals surface area contributed by atoms with Crippen LogP contribution in [0.2, 0.25) is 0 Å². The van der Waals surface area contributed by atoms with Crippen molar-refractivity contribution in [1.82, 2.24) is 19.5 Å². The minimum atomic E-state index is -0.0869. The number of nitrogens with zero attached hydrogens (tertiary/aromatic N) is 4. The van der Waals surface area contributed by atoms with Gasteiger partial charge in [0, 0.05) is 18.8 Å². The smallest absolute Gasteiger partial charge is 0.257 e. The number of fused-ring (bicyclic) bond motifs is 1. The molecule has 0 spiro atoms. The van der Waals surface area contributed by atoms with E-state index in [0.717, 1.165) is 16.9 Å². The fourth-order valence-corrected chi connectivity index (χ4v) is 3.91. The summed E-state index contributed by atoms with van der Waals surface area (Å²) in [7, 11) is 0. The van der Waals surface area contributed by atoms with E-state index in [9.17, 15) is 4.79 Å². The molecule has 1 aliphatic heterocycles. The normalized spacial score (nSPS) is 22.9. The molecule has 5 rings (SSSR count). The average molecular weight is 362 g/mol. The van der Waals surface area contributed by atoms with Crippen LogP contribution in [-0.2, 0) is 4.74 Å². The van der Waals surface area contributed by atoms with Crippen molar-refractivity contribution in [2.45, 2.75) is 32.0 Å². The van der Waals surface area contributed by atoms with Gasteiger partial charge in [0.15, 0.2) is 5.65 Å². The molecule has 0 N–H and O–H groups in total. The maximum Gasteiger partial charge on any atom is 0.257 e. The summed E-state index contributed by atoms with van der Waals surface area (Å²) in [5, 5.41) is 4.28. The van der Waals surface area contributed by atoms with E-state index < -0.39 is 0 Å². The van der Waals surface area contributed by atoms with Crippen molar-refractivity contribution in [1.29, 1.82) is 0 Å². The van der Waals surface area contributed by atoms with Crippen LogP contribution in [0.4, 0.5) is 0 Å². The summed E-state index contributed by atoms with van der Waals surface area (Å²) >= 11 is 0. The van der Waals surface area contributed by atoms with Gasteiger partial charge in [-0.3, -0.25) is 4.79 Å². The summed E-state index contributed by atoms with van der Waals surface area (Å²) in [5.41, 5.74) is 3.30. The van der Waals surface area contributed by atoms with E-state index in [1.54, 1.807) is 16.9 Å². The number of morpholine rings is 1. The molecule has 3 aromatic rings. The van der Waals surface area contributed by atoms with Crippen molar-refractivity contribution in [3.63, 3.8) is 0 Å². The second-order valence-corrected chi connectivity index (χ2v) is 7.48. The van der Waals surface area contributed by atoms with Crippen LogP contribution in [-0.4, -0.2) is 44.6 Å². The number of hydrogen-bond donors (Lipinski definition) is 0. The van der Waals surface area contributed by atoms with E-state index in [1.807, 2.05) is 36.1 Å². The summed E-state index contributed by atoms with van der Waals surface area (Å²) in [4.78, 5) is 19.7. The number of rotatable bonds is 3. The Labute approximate surface area is 157 Å². The van der Waals surface area contributed by atoms with Crippen molar-refractivity contribution >= 4 is 11.6 Å². The summed E-state index contributed by atoms with van der Waals surface area (Å²) in [6, 6.07) is 12.0. The molecule has 0 bridgehead atoms. The monoisotopic (exact) mass is 362 g/mol. The third-order valence-electron chi connectivity index (χ3n) is 5.62. The van der Waals surface area contributed by atoms with Gasteiger partial charge >= 0.3 is 0 Å². The van der Waals surface area contributed by atoms with E-state index in [2.05, 4.69) is 22.2 Å².